The molecule has 0 N–H and O–H groups in total. The molecule has 4 heteroatoms. The minimum absolute atomic E-state index is 0.327. The van der Waals surface area contributed by atoms with Gasteiger partial charge >= 0.3 is 0 Å². The number of hydrogen-bond donors (Lipinski definition) is 0. The van der Waals surface area contributed by atoms with Gasteiger partial charge in [-0.25, -0.2) is 4.98 Å². The molecule has 0 aliphatic rings. The standard InChI is InChI=1S/C37H33N3O/c1-22(2)26-16-11-17-27(23(3)4)35(26)40-34-24(5)38-31(25-13-7-6-8-14-25)21-32(34)39-37(40)30-19-12-18-29-28-15-9-10-20-33(28)41-36(29)30/h6-23H,1-5H3. The minimum atomic E-state index is 0.327. The van der Waals surface area contributed by atoms with E-state index in [0.717, 1.165) is 61.3 Å². The quantitative estimate of drug-likeness (QED) is 0.220. The lowest BCUT2D eigenvalue weighted by Crippen LogP contribution is -2.09. The third kappa shape index (κ3) is 4.05. The molecule has 0 spiro atoms. The van der Waals surface area contributed by atoms with E-state index in [-0.39, 0.29) is 0 Å². The van der Waals surface area contributed by atoms with Crippen molar-refractivity contribution in [3.63, 3.8) is 0 Å². The van der Waals surface area contributed by atoms with Crippen molar-refractivity contribution < 1.29 is 4.42 Å². The van der Waals surface area contributed by atoms with Crippen LogP contribution < -0.4 is 0 Å². The number of furan rings is 1. The number of hydrogen-bond acceptors (Lipinski definition) is 3. The number of para-hydroxylation sites is 3. The van der Waals surface area contributed by atoms with E-state index in [4.69, 9.17) is 14.4 Å². The Kier molecular flexibility index (Phi) is 6.01. The van der Waals surface area contributed by atoms with E-state index in [2.05, 4.69) is 118 Å². The van der Waals surface area contributed by atoms with Crippen LogP contribution in [-0.4, -0.2) is 14.5 Å². The molecule has 202 valence electrons. The van der Waals surface area contributed by atoms with Crippen LogP contribution in [-0.2, 0) is 0 Å². The molecule has 4 nitrogen and oxygen atoms in total. The average molecular weight is 536 g/mol. The molecular weight excluding hydrogens is 502 g/mol. The van der Waals surface area contributed by atoms with Crippen molar-refractivity contribution >= 4 is 33.0 Å². The van der Waals surface area contributed by atoms with Crippen molar-refractivity contribution in [3.8, 4) is 28.3 Å². The predicted octanol–water partition coefficient (Wildman–Crippen LogP) is 10.2. The lowest BCUT2D eigenvalue weighted by atomic mass is 9.92. The summed E-state index contributed by atoms with van der Waals surface area (Å²) >= 11 is 0. The van der Waals surface area contributed by atoms with Crippen molar-refractivity contribution in [3.05, 3.63) is 114 Å². The fraction of sp³-hybridized carbons (Fsp3) is 0.189. The Labute approximate surface area is 240 Å². The number of aromatic nitrogens is 3. The van der Waals surface area contributed by atoms with E-state index in [1.807, 2.05) is 18.2 Å². The van der Waals surface area contributed by atoms with Crippen LogP contribution in [0.3, 0.4) is 0 Å². The van der Waals surface area contributed by atoms with Crippen molar-refractivity contribution in [1.82, 2.24) is 14.5 Å². The molecule has 0 aliphatic carbocycles. The third-order valence-electron chi connectivity index (χ3n) is 8.09. The Morgan fingerprint density at radius 2 is 1.34 bits per heavy atom. The summed E-state index contributed by atoms with van der Waals surface area (Å²) in [6, 6.07) is 33.8. The molecule has 0 aliphatic heterocycles. The molecule has 0 bridgehead atoms. The summed E-state index contributed by atoms with van der Waals surface area (Å²) in [6.07, 6.45) is 0. The van der Waals surface area contributed by atoms with Gasteiger partial charge in [0.15, 0.2) is 0 Å². The monoisotopic (exact) mass is 535 g/mol. The van der Waals surface area contributed by atoms with Gasteiger partial charge in [0.05, 0.1) is 33.7 Å². The van der Waals surface area contributed by atoms with Crippen LogP contribution in [0.4, 0.5) is 0 Å². The Morgan fingerprint density at radius 1 is 0.683 bits per heavy atom. The Balaban J connectivity index is 1.63. The summed E-state index contributed by atoms with van der Waals surface area (Å²) < 4.78 is 8.89. The summed E-state index contributed by atoms with van der Waals surface area (Å²) in [7, 11) is 0. The molecular formula is C37H33N3O. The Morgan fingerprint density at radius 3 is 2.07 bits per heavy atom. The summed E-state index contributed by atoms with van der Waals surface area (Å²) in [5.74, 6) is 1.52. The van der Waals surface area contributed by atoms with Gasteiger partial charge in [0.1, 0.15) is 17.0 Å². The molecule has 41 heavy (non-hydrogen) atoms. The molecule has 0 unspecified atom stereocenters. The molecule has 0 saturated carbocycles. The Hall–Kier alpha value is -4.70. The molecule has 3 aromatic heterocycles. The van der Waals surface area contributed by atoms with Gasteiger partial charge in [-0.15, -0.1) is 0 Å². The second-order valence-corrected chi connectivity index (χ2v) is 11.5. The molecule has 0 amide bonds. The molecule has 7 aromatic rings. The molecule has 4 aromatic carbocycles. The molecule has 7 rings (SSSR count). The normalized spacial score (nSPS) is 12.0. The first-order valence-corrected chi connectivity index (χ1v) is 14.4. The number of imidazole rings is 1. The molecule has 0 saturated heterocycles. The molecule has 3 heterocycles. The molecule has 0 radical (unpaired) electrons. The van der Waals surface area contributed by atoms with Gasteiger partial charge in [0, 0.05) is 16.3 Å². The maximum atomic E-state index is 6.53. The van der Waals surface area contributed by atoms with Crippen LogP contribution in [0.1, 0.15) is 56.4 Å². The topological polar surface area (TPSA) is 43.9 Å². The van der Waals surface area contributed by atoms with Crippen molar-refractivity contribution in [2.75, 3.05) is 0 Å². The summed E-state index contributed by atoms with van der Waals surface area (Å²) in [5, 5.41) is 2.21. The largest absolute Gasteiger partial charge is 0.455 e. The highest BCUT2D eigenvalue weighted by atomic mass is 16.3. The van der Waals surface area contributed by atoms with Gasteiger partial charge in [-0.2, -0.15) is 0 Å². The van der Waals surface area contributed by atoms with Gasteiger partial charge in [0.25, 0.3) is 0 Å². The van der Waals surface area contributed by atoms with Gasteiger partial charge in [-0.05, 0) is 48.1 Å². The first-order valence-electron chi connectivity index (χ1n) is 14.4. The number of fused-ring (bicyclic) bond motifs is 4. The highest BCUT2D eigenvalue weighted by Gasteiger charge is 2.26. The first kappa shape index (κ1) is 25.3. The SMILES string of the molecule is Cc1nc(-c2ccccc2)cc2nc(-c3cccc4c3oc3ccccc34)n(-c3c(C(C)C)cccc3C(C)C)c12. The summed E-state index contributed by atoms with van der Waals surface area (Å²) in [5.41, 5.74) is 11.4. The van der Waals surface area contributed by atoms with Crippen molar-refractivity contribution in [1.29, 1.82) is 0 Å². The zero-order valence-corrected chi connectivity index (χ0v) is 24.1. The number of nitrogens with zero attached hydrogens (tertiary/aromatic N) is 3. The summed E-state index contributed by atoms with van der Waals surface area (Å²) in [4.78, 5) is 10.5. The number of rotatable bonds is 5. The average Bonchev–Trinajstić information content (AvgIpc) is 3.56. The zero-order chi connectivity index (χ0) is 28.2. The van der Waals surface area contributed by atoms with E-state index in [0.29, 0.717) is 11.8 Å². The van der Waals surface area contributed by atoms with Crippen LogP contribution in [0.15, 0.2) is 101 Å². The maximum absolute atomic E-state index is 6.53. The zero-order valence-electron chi connectivity index (χ0n) is 24.1. The first-order chi connectivity index (χ1) is 19.9. The number of aryl methyl sites for hydroxylation is 1. The fourth-order valence-corrected chi connectivity index (χ4v) is 6.13. The van der Waals surface area contributed by atoms with Crippen LogP contribution in [0.5, 0.6) is 0 Å². The number of benzene rings is 4. The van der Waals surface area contributed by atoms with Crippen LogP contribution in [0.2, 0.25) is 0 Å². The summed E-state index contributed by atoms with van der Waals surface area (Å²) in [6.45, 7) is 11.2. The molecule has 0 fully saturated rings. The smallest absolute Gasteiger partial charge is 0.149 e. The van der Waals surface area contributed by atoms with E-state index in [9.17, 15) is 0 Å². The van der Waals surface area contributed by atoms with Crippen molar-refractivity contribution in [2.45, 2.75) is 46.5 Å². The maximum Gasteiger partial charge on any atom is 0.149 e. The minimum Gasteiger partial charge on any atom is -0.455 e. The van der Waals surface area contributed by atoms with Crippen molar-refractivity contribution in [2.24, 2.45) is 0 Å². The van der Waals surface area contributed by atoms with Gasteiger partial charge < -0.3 is 4.42 Å². The van der Waals surface area contributed by atoms with Crippen LogP contribution in [0.25, 0.3) is 61.3 Å². The highest BCUT2D eigenvalue weighted by Crippen LogP contribution is 2.41. The van der Waals surface area contributed by atoms with Gasteiger partial charge in [-0.1, -0.05) is 107 Å². The Bertz CT molecular complexity index is 2040. The van der Waals surface area contributed by atoms with E-state index < -0.39 is 0 Å². The lowest BCUT2D eigenvalue weighted by molar-refractivity contribution is 0.669. The lowest BCUT2D eigenvalue weighted by Gasteiger charge is -2.23. The predicted molar refractivity (Wildman–Crippen MR) is 170 cm³/mol. The van der Waals surface area contributed by atoms with Gasteiger partial charge in [0.2, 0.25) is 0 Å². The van der Waals surface area contributed by atoms with E-state index in [1.54, 1.807) is 0 Å². The second kappa shape index (κ2) is 9.74. The number of pyridine rings is 1. The van der Waals surface area contributed by atoms with Gasteiger partial charge in [-0.3, -0.25) is 9.55 Å². The fourth-order valence-electron chi connectivity index (χ4n) is 6.13. The third-order valence-corrected chi connectivity index (χ3v) is 8.09. The highest BCUT2D eigenvalue weighted by molar-refractivity contribution is 6.09. The van der Waals surface area contributed by atoms with E-state index in [1.165, 1.54) is 16.8 Å². The van der Waals surface area contributed by atoms with E-state index >= 15 is 0 Å². The second-order valence-electron chi connectivity index (χ2n) is 11.5. The molecule has 0 atom stereocenters. The van der Waals surface area contributed by atoms with Crippen LogP contribution >= 0.6 is 0 Å². The van der Waals surface area contributed by atoms with Crippen LogP contribution in [0, 0.1) is 6.92 Å².